The van der Waals surface area contributed by atoms with Crippen LogP contribution in [0.25, 0.3) is 0 Å². The molecule has 1 aliphatic heterocycles. The number of carbonyl (C=O) groups is 2. The van der Waals surface area contributed by atoms with Crippen LogP contribution in [0.15, 0.2) is 60.9 Å². The molecule has 2 N–H and O–H groups in total. The van der Waals surface area contributed by atoms with E-state index in [-0.39, 0.29) is 11.8 Å². The Hall–Kier alpha value is -2.92. The van der Waals surface area contributed by atoms with Gasteiger partial charge < -0.3 is 10.2 Å². The minimum atomic E-state index is -3.53. The molecule has 9 nitrogen and oxygen atoms in total. The van der Waals surface area contributed by atoms with Gasteiger partial charge in [0.2, 0.25) is 15.9 Å². The second-order valence-corrected chi connectivity index (χ2v) is 13.0. The average Bonchev–Trinajstić information content (AvgIpc) is 3.33. The van der Waals surface area contributed by atoms with Gasteiger partial charge in [0.1, 0.15) is 0 Å². The number of benzene rings is 2. The third kappa shape index (κ3) is 6.20. The summed E-state index contributed by atoms with van der Waals surface area (Å²) in [7, 11) is -3.53. The quantitative estimate of drug-likeness (QED) is 0.401. The molecule has 1 saturated carbocycles. The van der Waals surface area contributed by atoms with Gasteiger partial charge in [-0.25, -0.2) is 13.1 Å². The molecule has 1 aromatic heterocycles. The summed E-state index contributed by atoms with van der Waals surface area (Å²) in [6.45, 7) is 0.725. The maximum absolute atomic E-state index is 14.2. The zero-order chi connectivity index (χ0) is 28.4. The molecule has 1 fully saturated rings. The fourth-order valence-electron chi connectivity index (χ4n) is 5.93. The summed E-state index contributed by atoms with van der Waals surface area (Å²) < 4.78 is 29.0. The number of sulfonamides is 1. The van der Waals surface area contributed by atoms with Gasteiger partial charge in [-0.3, -0.25) is 14.3 Å². The Morgan fingerprint density at radius 1 is 1.05 bits per heavy atom. The zero-order valence-corrected chi connectivity index (χ0v) is 24.3. The van der Waals surface area contributed by atoms with Gasteiger partial charge in [0.15, 0.2) is 0 Å². The van der Waals surface area contributed by atoms with E-state index in [1.807, 2.05) is 24.3 Å². The summed E-state index contributed by atoms with van der Waals surface area (Å²) in [6, 6.07) is 12.7. The Kier molecular flexibility index (Phi) is 8.51. The number of hydrogen-bond acceptors (Lipinski definition) is 5. The molecule has 0 saturated heterocycles. The number of fused-ring (bicyclic) bond motifs is 1. The molecule has 212 valence electrons. The van der Waals surface area contributed by atoms with Crippen LogP contribution in [0.1, 0.15) is 59.1 Å². The molecular weight excluding hydrogens is 573 g/mol. The van der Waals surface area contributed by atoms with Gasteiger partial charge in [0, 0.05) is 35.4 Å². The highest BCUT2D eigenvalue weighted by Crippen LogP contribution is 2.46. The van der Waals surface area contributed by atoms with Gasteiger partial charge in [0.25, 0.3) is 5.91 Å². The minimum Gasteiger partial charge on any atom is -0.354 e. The lowest BCUT2D eigenvalue weighted by Gasteiger charge is -2.49. The average molecular weight is 605 g/mol. The zero-order valence-electron chi connectivity index (χ0n) is 22.0. The minimum absolute atomic E-state index is 0.224. The molecule has 12 heteroatoms. The van der Waals surface area contributed by atoms with E-state index in [2.05, 4.69) is 15.1 Å². The molecule has 0 radical (unpaired) electrons. The Bertz CT molecular complexity index is 1490. The Labute approximate surface area is 243 Å². The van der Waals surface area contributed by atoms with Crippen LogP contribution in [-0.2, 0) is 21.4 Å². The van der Waals surface area contributed by atoms with Crippen molar-refractivity contribution in [2.45, 2.75) is 56.3 Å². The van der Waals surface area contributed by atoms with Crippen LogP contribution >= 0.6 is 23.2 Å². The molecule has 2 amide bonds. The van der Waals surface area contributed by atoms with Gasteiger partial charge in [0.05, 0.1) is 36.0 Å². The molecule has 2 aliphatic rings. The number of halogens is 2. The topological polar surface area (TPSA) is 113 Å². The summed E-state index contributed by atoms with van der Waals surface area (Å²) in [5.74, 6) is -1.21. The first kappa shape index (κ1) is 28.6. The molecule has 2 heterocycles. The predicted octanol–water partition coefficient (Wildman–Crippen LogP) is 4.15. The second kappa shape index (κ2) is 11.9. The van der Waals surface area contributed by atoms with E-state index >= 15 is 0 Å². The number of amides is 2. The molecule has 0 bridgehead atoms. The molecular formula is C28H31Cl2N5O4S. The number of rotatable bonds is 8. The largest absolute Gasteiger partial charge is 0.354 e. The Morgan fingerprint density at radius 3 is 2.48 bits per heavy atom. The summed E-state index contributed by atoms with van der Waals surface area (Å²) in [6.07, 6.45) is 7.24. The molecule has 0 spiro atoms. The number of hydrogen-bond donors (Lipinski definition) is 2. The van der Waals surface area contributed by atoms with Crippen molar-refractivity contribution in [2.24, 2.45) is 0 Å². The van der Waals surface area contributed by atoms with Crippen LogP contribution in [-0.4, -0.2) is 59.8 Å². The number of nitrogens with zero attached hydrogens (tertiary/aromatic N) is 3. The standard InChI is InChI=1S/C28H31Cl2N5O4S/c1-40(38,39)33-23-8-4-5-9-24(23)35-26(18-10-12-19(29)13-11-18)25(21-6-2-3-7-22(21)28(35)37)27(36)31-14-15-34-17-20(30)16-32-34/h2-3,6-7,10-13,16-17,23-26,33H,4-5,8-9,14-15H2,1H3,(H,31,36)/t23-,24-,25+,26-/m0/s1. The van der Waals surface area contributed by atoms with Crippen LogP contribution in [0.4, 0.5) is 0 Å². The third-order valence-corrected chi connectivity index (χ3v) is 8.74. The molecule has 3 aromatic rings. The van der Waals surface area contributed by atoms with Crippen molar-refractivity contribution in [1.82, 2.24) is 24.7 Å². The van der Waals surface area contributed by atoms with Crippen LogP contribution in [0.3, 0.4) is 0 Å². The van der Waals surface area contributed by atoms with Gasteiger partial charge >= 0.3 is 0 Å². The van der Waals surface area contributed by atoms with Crippen molar-refractivity contribution < 1.29 is 18.0 Å². The monoisotopic (exact) mass is 603 g/mol. The summed E-state index contributed by atoms with van der Waals surface area (Å²) in [4.78, 5) is 30.0. The van der Waals surface area contributed by atoms with Crippen LogP contribution in [0.2, 0.25) is 10.0 Å². The Balaban J connectivity index is 1.57. The summed E-state index contributed by atoms with van der Waals surface area (Å²) >= 11 is 12.2. The molecule has 1 aliphatic carbocycles. The molecule has 4 atom stereocenters. The van der Waals surface area contributed by atoms with Crippen LogP contribution < -0.4 is 10.0 Å². The van der Waals surface area contributed by atoms with Gasteiger partial charge in [-0.1, -0.05) is 66.4 Å². The lowest BCUT2D eigenvalue weighted by molar-refractivity contribution is -0.124. The van der Waals surface area contributed by atoms with Gasteiger partial charge in [-0.15, -0.1) is 0 Å². The fourth-order valence-corrected chi connectivity index (χ4v) is 7.04. The van der Waals surface area contributed by atoms with Gasteiger partial charge in [-0.05, 0) is 42.2 Å². The van der Waals surface area contributed by atoms with Crippen molar-refractivity contribution >= 4 is 45.0 Å². The lowest BCUT2D eigenvalue weighted by atomic mass is 9.76. The number of carbonyl (C=O) groups excluding carboxylic acids is 2. The fraction of sp³-hybridized carbons (Fsp3) is 0.393. The summed E-state index contributed by atoms with van der Waals surface area (Å²) in [5.41, 5.74) is 1.82. The van der Waals surface area contributed by atoms with E-state index in [1.54, 1.807) is 40.0 Å². The maximum atomic E-state index is 14.2. The van der Waals surface area contributed by atoms with E-state index in [1.165, 1.54) is 6.20 Å². The van der Waals surface area contributed by atoms with E-state index in [0.29, 0.717) is 47.1 Å². The number of nitrogens with one attached hydrogen (secondary N) is 2. The second-order valence-electron chi connectivity index (χ2n) is 10.3. The first-order chi connectivity index (χ1) is 19.1. The smallest absolute Gasteiger partial charge is 0.255 e. The first-order valence-electron chi connectivity index (χ1n) is 13.2. The molecule has 2 aromatic carbocycles. The van der Waals surface area contributed by atoms with Gasteiger partial charge in [-0.2, -0.15) is 5.10 Å². The summed E-state index contributed by atoms with van der Waals surface area (Å²) in [5, 5.41) is 8.24. The molecule has 0 unspecified atom stereocenters. The van der Waals surface area contributed by atoms with Crippen molar-refractivity contribution in [3.05, 3.63) is 87.7 Å². The van der Waals surface area contributed by atoms with E-state index in [4.69, 9.17) is 23.2 Å². The highest BCUT2D eigenvalue weighted by molar-refractivity contribution is 7.88. The first-order valence-corrected chi connectivity index (χ1v) is 15.9. The molecule has 40 heavy (non-hydrogen) atoms. The Morgan fingerprint density at radius 2 is 1.77 bits per heavy atom. The normalized spacial score (nSPS) is 23.1. The SMILES string of the molecule is CS(=O)(=O)N[C@H]1CCCC[C@@H]1N1C(=O)c2ccccc2[C@@H](C(=O)NCCn2cc(Cl)cn2)[C@@H]1c1ccc(Cl)cc1. The van der Waals surface area contributed by atoms with Crippen molar-refractivity contribution in [2.75, 3.05) is 12.8 Å². The highest BCUT2D eigenvalue weighted by atomic mass is 35.5. The van der Waals surface area contributed by atoms with Crippen LogP contribution in [0.5, 0.6) is 0 Å². The lowest BCUT2D eigenvalue weighted by Crippen LogP contribution is -2.59. The van der Waals surface area contributed by atoms with E-state index in [0.717, 1.165) is 24.7 Å². The van der Waals surface area contributed by atoms with Crippen molar-refractivity contribution in [3.63, 3.8) is 0 Å². The predicted molar refractivity (Wildman–Crippen MR) is 154 cm³/mol. The highest BCUT2D eigenvalue weighted by Gasteiger charge is 2.48. The van der Waals surface area contributed by atoms with Crippen molar-refractivity contribution in [3.8, 4) is 0 Å². The third-order valence-electron chi connectivity index (χ3n) is 7.56. The van der Waals surface area contributed by atoms with E-state index in [9.17, 15) is 18.0 Å². The van der Waals surface area contributed by atoms with E-state index < -0.39 is 34.1 Å². The van der Waals surface area contributed by atoms with Crippen LogP contribution in [0, 0.1) is 0 Å². The number of aromatic nitrogens is 2. The molecule has 5 rings (SSSR count). The van der Waals surface area contributed by atoms with Crippen molar-refractivity contribution in [1.29, 1.82) is 0 Å². The maximum Gasteiger partial charge on any atom is 0.255 e.